The monoisotopic (exact) mass is 337 g/mol. The van der Waals surface area contributed by atoms with Crippen LogP contribution in [0.4, 0.5) is 5.69 Å². The van der Waals surface area contributed by atoms with Gasteiger partial charge in [-0.1, -0.05) is 28.8 Å². The number of carboxylic acid groups (broad SMARTS) is 1. The Morgan fingerprint density at radius 1 is 1.15 bits per heavy atom. The molecule has 4 heteroatoms. The van der Waals surface area contributed by atoms with E-state index in [2.05, 4.69) is 26.9 Å². The van der Waals surface area contributed by atoms with Gasteiger partial charge in [0.2, 0.25) is 0 Å². The lowest BCUT2D eigenvalue weighted by atomic mass is 9.95. The SMILES string of the molecule is O=C(O)c1cc(Br)cc(N2CCCC2C2CCCC2)c1. The normalized spacial score (nSPS) is 23.4. The molecule has 1 saturated carbocycles. The summed E-state index contributed by atoms with van der Waals surface area (Å²) in [6, 6.07) is 6.15. The van der Waals surface area contributed by atoms with Crippen LogP contribution in [0.5, 0.6) is 0 Å². The Bertz CT molecular complexity index is 511. The highest BCUT2D eigenvalue weighted by atomic mass is 79.9. The van der Waals surface area contributed by atoms with Crippen molar-refractivity contribution in [2.24, 2.45) is 5.92 Å². The Hall–Kier alpha value is -1.03. The first-order chi connectivity index (χ1) is 9.65. The van der Waals surface area contributed by atoms with Crippen LogP contribution in [0.1, 0.15) is 48.9 Å². The first-order valence-electron chi connectivity index (χ1n) is 7.45. The third-order valence-corrected chi connectivity index (χ3v) is 5.16. The highest BCUT2D eigenvalue weighted by Crippen LogP contribution is 2.38. The number of benzene rings is 1. The fourth-order valence-corrected chi connectivity index (χ4v) is 4.29. The molecule has 0 amide bonds. The Kier molecular flexibility index (Phi) is 4.01. The summed E-state index contributed by atoms with van der Waals surface area (Å²) in [7, 11) is 0. The molecule has 1 aromatic carbocycles. The van der Waals surface area contributed by atoms with Gasteiger partial charge in [-0.25, -0.2) is 4.79 Å². The van der Waals surface area contributed by atoms with Gasteiger partial charge in [-0.3, -0.25) is 0 Å². The van der Waals surface area contributed by atoms with E-state index >= 15 is 0 Å². The number of halogens is 1. The summed E-state index contributed by atoms with van der Waals surface area (Å²) in [4.78, 5) is 13.7. The van der Waals surface area contributed by atoms with E-state index in [0.717, 1.165) is 22.6 Å². The van der Waals surface area contributed by atoms with Gasteiger partial charge in [-0.15, -0.1) is 0 Å². The van der Waals surface area contributed by atoms with Crippen LogP contribution in [-0.4, -0.2) is 23.7 Å². The van der Waals surface area contributed by atoms with E-state index in [1.54, 1.807) is 6.07 Å². The van der Waals surface area contributed by atoms with Crippen LogP contribution in [-0.2, 0) is 0 Å². The molecule has 1 unspecified atom stereocenters. The molecule has 1 atom stereocenters. The van der Waals surface area contributed by atoms with E-state index < -0.39 is 5.97 Å². The third kappa shape index (κ3) is 2.71. The molecule has 3 nitrogen and oxygen atoms in total. The second-order valence-electron chi connectivity index (χ2n) is 5.95. The average Bonchev–Trinajstić information content (AvgIpc) is 3.08. The predicted molar refractivity (Wildman–Crippen MR) is 83.4 cm³/mol. The Morgan fingerprint density at radius 3 is 2.60 bits per heavy atom. The highest BCUT2D eigenvalue weighted by molar-refractivity contribution is 9.10. The van der Waals surface area contributed by atoms with Gasteiger partial charge >= 0.3 is 5.97 Å². The van der Waals surface area contributed by atoms with E-state index in [4.69, 9.17) is 0 Å². The Labute approximate surface area is 128 Å². The molecule has 1 aliphatic carbocycles. The van der Waals surface area contributed by atoms with Gasteiger partial charge in [0.1, 0.15) is 0 Å². The maximum Gasteiger partial charge on any atom is 0.335 e. The van der Waals surface area contributed by atoms with Crippen molar-refractivity contribution in [1.82, 2.24) is 0 Å². The fourth-order valence-electron chi connectivity index (χ4n) is 3.81. The van der Waals surface area contributed by atoms with E-state index in [9.17, 15) is 9.90 Å². The summed E-state index contributed by atoms with van der Waals surface area (Å²) in [5.41, 5.74) is 1.43. The quantitative estimate of drug-likeness (QED) is 0.893. The molecule has 20 heavy (non-hydrogen) atoms. The number of aromatic carboxylic acids is 1. The zero-order chi connectivity index (χ0) is 14.1. The summed E-state index contributed by atoms with van der Waals surface area (Å²) in [5.74, 6) is -0.0612. The van der Waals surface area contributed by atoms with E-state index in [0.29, 0.717) is 11.6 Å². The van der Waals surface area contributed by atoms with Crippen molar-refractivity contribution in [1.29, 1.82) is 0 Å². The van der Waals surface area contributed by atoms with Gasteiger partial charge in [-0.2, -0.15) is 0 Å². The Morgan fingerprint density at radius 2 is 1.90 bits per heavy atom. The molecule has 1 heterocycles. The van der Waals surface area contributed by atoms with Crippen molar-refractivity contribution >= 4 is 27.6 Å². The van der Waals surface area contributed by atoms with Crippen LogP contribution in [0.2, 0.25) is 0 Å². The standard InChI is InChI=1S/C16H20BrNO2/c17-13-8-12(16(19)20)9-14(10-13)18-7-3-6-15(18)11-4-1-2-5-11/h8-11,15H,1-7H2,(H,19,20). The van der Waals surface area contributed by atoms with E-state index in [-0.39, 0.29) is 0 Å². The first-order valence-corrected chi connectivity index (χ1v) is 8.25. The molecule has 0 bridgehead atoms. The smallest absolute Gasteiger partial charge is 0.335 e. The van der Waals surface area contributed by atoms with Crippen LogP contribution in [0.25, 0.3) is 0 Å². The molecule has 0 aromatic heterocycles. The fraction of sp³-hybridized carbons (Fsp3) is 0.562. The molecule has 0 spiro atoms. The second-order valence-corrected chi connectivity index (χ2v) is 6.87. The third-order valence-electron chi connectivity index (χ3n) is 4.70. The summed E-state index contributed by atoms with van der Waals surface area (Å²) in [6.07, 6.45) is 7.85. The van der Waals surface area contributed by atoms with Gasteiger partial charge in [-0.05, 0) is 49.8 Å². The lowest BCUT2D eigenvalue weighted by molar-refractivity contribution is 0.0697. The molecule has 2 aliphatic rings. The maximum atomic E-state index is 11.2. The number of hydrogen-bond acceptors (Lipinski definition) is 2. The largest absolute Gasteiger partial charge is 0.478 e. The number of rotatable bonds is 3. The van der Waals surface area contributed by atoms with Crippen molar-refractivity contribution in [2.45, 2.75) is 44.6 Å². The molecule has 1 N–H and O–H groups in total. The van der Waals surface area contributed by atoms with Gasteiger partial charge in [0.25, 0.3) is 0 Å². The van der Waals surface area contributed by atoms with Gasteiger partial charge in [0, 0.05) is 22.7 Å². The molecule has 1 aromatic rings. The zero-order valence-corrected chi connectivity index (χ0v) is 13.1. The summed E-state index contributed by atoms with van der Waals surface area (Å²) >= 11 is 3.44. The van der Waals surface area contributed by atoms with Crippen LogP contribution >= 0.6 is 15.9 Å². The molecule has 1 aliphatic heterocycles. The van der Waals surface area contributed by atoms with Crippen molar-refractivity contribution in [3.63, 3.8) is 0 Å². The van der Waals surface area contributed by atoms with Gasteiger partial charge < -0.3 is 10.0 Å². The predicted octanol–water partition coefficient (Wildman–Crippen LogP) is 4.31. The maximum absolute atomic E-state index is 11.2. The van der Waals surface area contributed by atoms with Crippen LogP contribution in [0, 0.1) is 5.92 Å². The van der Waals surface area contributed by atoms with E-state index in [1.165, 1.54) is 38.5 Å². The van der Waals surface area contributed by atoms with Crippen molar-refractivity contribution < 1.29 is 9.90 Å². The number of nitrogens with zero attached hydrogens (tertiary/aromatic N) is 1. The van der Waals surface area contributed by atoms with E-state index in [1.807, 2.05) is 6.07 Å². The van der Waals surface area contributed by atoms with Crippen molar-refractivity contribution in [3.05, 3.63) is 28.2 Å². The molecule has 2 fully saturated rings. The summed E-state index contributed by atoms with van der Waals surface area (Å²) in [6.45, 7) is 1.05. The average molecular weight is 338 g/mol. The number of carbonyl (C=O) groups is 1. The van der Waals surface area contributed by atoms with Crippen LogP contribution in [0.3, 0.4) is 0 Å². The number of carboxylic acids is 1. The summed E-state index contributed by atoms with van der Waals surface area (Å²) < 4.78 is 0.851. The van der Waals surface area contributed by atoms with Gasteiger partial charge in [0.15, 0.2) is 0 Å². The van der Waals surface area contributed by atoms with Crippen LogP contribution in [0.15, 0.2) is 22.7 Å². The topological polar surface area (TPSA) is 40.5 Å². The first kappa shape index (κ1) is 13.9. The molecule has 108 valence electrons. The highest BCUT2D eigenvalue weighted by Gasteiger charge is 2.33. The minimum Gasteiger partial charge on any atom is -0.478 e. The van der Waals surface area contributed by atoms with Crippen molar-refractivity contribution in [2.75, 3.05) is 11.4 Å². The molecule has 0 radical (unpaired) electrons. The molecule has 1 saturated heterocycles. The number of anilines is 1. The molecular weight excluding hydrogens is 318 g/mol. The van der Waals surface area contributed by atoms with Crippen molar-refractivity contribution in [3.8, 4) is 0 Å². The minimum atomic E-state index is -0.857. The lowest BCUT2D eigenvalue weighted by Crippen LogP contribution is -2.34. The number of hydrogen-bond donors (Lipinski definition) is 1. The molecule has 3 rings (SSSR count). The molecular formula is C16H20BrNO2. The Balaban J connectivity index is 1.88. The zero-order valence-electron chi connectivity index (χ0n) is 11.5. The lowest BCUT2D eigenvalue weighted by Gasteiger charge is -2.31. The minimum absolute atomic E-state index is 0.367. The second kappa shape index (κ2) is 5.76. The summed E-state index contributed by atoms with van der Waals surface area (Å²) in [5, 5.41) is 9.21. The van der Waals surface area contributed by atoms with Gasteiger partial charge in [0.05, 0.1) is 5.56 Å². The van der Waals surface area contributed by atoms with Crippen LogP contribution < -0.4 is 4.90 Å².